The van der Waals surface area contributed by atoms with Gasteiger partial charge in [-0.25, -0.2) is 13.4 Å². The number of morpholine rings is 1. The minimum absolute atomic E-state index is 0.286. The summed E-state index contributed by atoms with van der Waals surface area (Å²) >= 11 is 3.53. The molecule has 0 amide bonds. The summed E-state index contributed by atoms with van der Waals surface area (Å²) in [5.41, 5.74) is 5.36. The van der Waals surface area contributed by atoms with Gasteiger partial charge in [0.15, 0.2) is 0 Å². The smallest absolute Gasteiger partial charge is 0.232 e. The van der Waals surface area contributed by atoms with Gasteiger partial charge in [0.05, 0.1) is 54.1 Å². The van der Waals surface area contributed by atoms with Gasteiger partial charge in [-0.1, -0.05) is 0 Å². The minimum atomic E-state index is -3.63. The average Bonchev–Trinajstić information content (AvgIpc) is 3.48. The molecule has 0 radical (unpaired) electrons. The molecular weight excluding hydrogens is 664 g/mol. The van der Waals surface area contributed by atoms with E-state index < -0.39 is 10.0 Å². The zero-order chi connectivity index (χ0) is 31.7. The molecule has 234 valence electrons. The Bertz CT molecular complexity index is 1980. The average molecular weight is 696 g/mol. The lowest BCUT2D eigenvalue weighted by atomic mass is 10.0. The highest BCUT2D eigenvalue weighted by Crippen LogP contribution is 2.41. The lowest BCUT2D eigenvalue weighted by molar-refractivity contribution is 0.122. The van der Waals surface area contributed by atoms with E-state index in [1.807, 2.05) is 31.6 Å². The molecule has 16 heteroatoms. The van der Waals surface area contributed by atoms with Crippen LogP contribution in [0.15, 0.2) is 59.7 Å². The summed E-state index contributed by atoms with van der Waals surface area (Å²) < 4.78 is 40.1. The van der Waals surface area contributed by atoms with Crippen molar-refractivity contribution in [3.8, 4) is 16.9 Å². The summed E-state index contributed by atoms with van der Waals surface area (Å²) in [6, 6.07) is 7.50. The van der Waals surface area contributed by atoms with Crippen LogP contribution in [0.2, 0.25) is 0 Å². The highest BCUT2D eigenvalue weighted by atomic mass is 79.9. The lowest BCUT2D eigenvalue weighted by Crippen LogP contribution is -2.36. The Labute approximate surface area is 268 Å². The van der Waals surface area contributed by atoms with Crippen molar-refractivity contribution in [2.24, 2.45) is 7.05 Å². The molecule has 0 atom stereocenters. The van der Waals surface area contributed by atoms with Gasteiger partial charge in [0.1, 0.15) is 22.8 Å². The number of benzene rings is 2. The van der Waals surface area contributed by atoms with Crippen molar-refractivity contribution in [1.29, 1.82) is 0 Å². The van der Waals surface area contributed by atoms with Gasteiger partial charge in [-0.2, -0.15) is 10.1 Å². The van der Waals surface area contributed by atoms with E-state index in [1.54, 1.807) is 36.3 Å². The SMILES string of the molecule is COc1cc(N2CCOCC2)c(-c2cnn(C)c2)cc1Nc1ncc(Br)c(Nc2ccc3nccnc3c2N(C)S(C)(=O)=O)n1. The molecule has 1 aliphatic heterocycles. The Balaban J connectivity index is 1.39. The van der Waals surface area contributed by atoms with E-state index in [2.05, 4.69) is 51.5 Å². The molecule has 14 nitrogen and oxygen atoms in total. The Morgan fingerprint density at radius 2 is 1.82 bits per heavy atom. The van der Waals surface area contributed by atoms with E-state index in [1.165, 1.54) is 17.5 Å². The molecule has 6 rings (SSSR count). The number of hydrogen-bond acceptors (Lipinski definition) is 12. The highest BCUT2D eigenvalue weighted by Gasteiger charge is 2.23. The molecule has 45 heavy (non-hydrogen) atoms. The summed E-state index contributed by atoms with van der Waals surface area (Å²) in [5, 5.41) is 11.0. The maximum Gasteiger partial charge on any atom is 0.232 e. The van der Waals surface area contributed by atoms with Crippen molar-refractivity contribution in [3.63, 3.8) is 0 Å². The number of halogens is 1. The summed E-state index contributed by atoms with van der Waals surface area (Å²) in [7, 11) is 1.34. The van der Waals surface area contributed by atoms with Gasteiger partial charge < -0.3 is 25.0 Å². The number of aromatic nitrogens is 6. The predicted molar refractivity (Wildman–Crippen MR) is 177 cm³/mol. The molecule has 2 aromatic carbocycles. The molecule has 0 saturated carbocycles. The van der Waals surface area contributed by atoms with Crippen molar-refractivity contribution < 1.29 is 17.9 Å². The molecular formula is C29H31BrN10O4S. The molecule has 0 spiro atoms. The molecule has 3 aromatic heterocycles. The molecule has 0 bridgehead atoms. The third-order valence-electron chi connectivity index (χ3n) is 7.36. The number of ether oxygens (including phenoxy) is 2. The Kier molecular flexibility index (Phi) is 8.44. The maximum atomic E-state index is 12.6. The number of anilines is 6. The van der Waals surface area contributed by atoms with Crippen LogP contribution in [0.25, 0.3) is 22.2 Å². The summed E-state index contributed by atoms with van der Waals surface area (Å²) in [6.07, 6.45) is 9.60. The van der Waals surface area contributed by atoms with Gasteiger partial charge >= 0.3 is 0 Å². The van der Waals surface area contributed by atoms with Crippen LogP contribution in [0.4, 0.5) is 34.5 Å². The van der Waals surface area contributed by atoms with Crippen LogP contribution in [-0.2, 0) is 21.8 Å². The topological polar surface area (TPSA) is 153 Å². The Morgan fingerprint density at radius 3 is 2.53 bits per heavy atom. The summed E-state index contributed by atoms with van der Waals surface area (Å²) in [5.74, 6) is 1.29. The fourth-order valence-electron chi connectivity index (χ4n) is 5.06. The van der Waals surface area contributed by atoms with Crippen LogP contribution < -0.4 is 24.6 Å². The summed E-state index contributed by atoms with van der Waals surface area (Å²) in [4.78, 5) is 20.2. The number of hydrogen-bond donors (Lipinski definition) is 2. The molecule has 0 unspecified atom stereocenters. The molecule has 5 aromatic rings. The van der Waals surface area contributed by atoms with Gasteiger partial charge in [0, 0.05) is 74.9 Å². The molecule has 0 aliphatic carbocycles. The third kappa shape index (κ3) is 6.34. The first-order chi connectivity index (χ1) is 21.6. The normalized spacial score (nSPS) is 13.6. The largest absolute Gasteiger partial charge is 0.494 e. The highest BCUT2D eigenvalue weighted by molar-refractivity contribution is 9.10. The lowest BCUT2D eigenvalue weighted by Gasteiger charge is -2.31. The zero-order valence-electron chi connectivity index (χ0n) is 25.0. The van der Waals surface area contributed by atoms with Crippen LogP contribution in [0.5, 0.6) is 5.75 Å². The Morgan fingerprint density at radius 1 is 1.04 bits per heavy atom. The molecule has 4 heterocycles. The van der Waals surface area contributed by atoms with E-state index >= 15 is 0 Å². The van der Waals surface area contributed by atoms with E-state index in [9.17, 15) is 8.42 Å². The van der Waals surface area contributed by atoms with Gasteiger partial charge in [-0.05, 0) is 34.1 Å². The van der Waals surface area contributed by atoms with Crippen molar-refractivity contribution in [3.05, 3.63) is 59.7 Å². The monoisotopic (exact) mass is 694 g/mol. The number of aryl methyl sites for hydroxylation is 1. The van der Waals surface area contributed by atoms with E-state index in [-0.39, 0.29) is 5.95 Å². The quantitative estimate of drug-likeness (QED) is 0.226. The van der Waals surface area contributed by atoms with Gasteiger partial charge in [0.25, 0.3) is 0 Å². The van der Waals surface area contributed by atoms with Gasteiger partial charge in [-0.15, -0.1) is 0 Å². The number of fused-ring (bicyclic) bond motifs is 1. The number of rotatable bonds is 9. The van der Waals surface area contributed by atoms with Crippen molar-refractivity contribution in [2.75, 3.05) is 66.6 Å². The molecule has 1 fully saturated rings. The van der Waals surface area contributed by atoms with Crippen LogP contribution in [-0.4, -0.2) is 84.9 Å². The number of nitrogens with one attached hydrogen (secondary N) is 2. The molecule has 1 aliphatic rings. The number of methoxy groups -OCH3 is 1. The zero-order valence-corrected chi connectivity index (χ0v) is 27.4. The number of sulfonamides is 1. The minimum Gasteiger partial charge on any atom is -0.494 e. The first-order valence-electron chi connectivity index (χ1n) is 13.9. The van der Waals surface area contributed by atoms with Crippen LogP contribution in [0.3, 0.4) is 0 Å². The standard InChI is InChI=1S/C29H31BrN10O4S/c1-38-17-18(15-34-38)19-13-23(25(43-3)14-24(19)40-9-11-44-12-10-40)36-29-33-16-20(30)28(37-29)35-22-6-5-21-26(32-8-7-31-21)27(22)39(2)45(4,41)42/h5-8,13-17H,9-12H2,1-4H3,(H2,33,35,36,37). The molecule has 2 N–H and O–H groups in total. The van der Waals surface area contributed by atoms with E-state index in [4.69, 9.17) is 14.5 Å². The fraction of sp³-hybridized carbons (Fsp3) is 0.276. The van der Waals surface area contributed by atoms with Crippen molar-refractivity contribution >= 4 is 71.5 Å². The third-order valence-corrected chi connectivity index (χ3v) is 9.11. The van der Waals surface area contributed by atoms with Crippen molar-refractivity contribution in [1.82, 2.24) is 29.7 Å². The second kappa shape index (κ2) is 12.5. The van der Waals surface area contributed by atoms with Gasteiger partial charge in [-0.3, -0.25) is 19.0 Å². The first kappa shape index (κ1) is 30.5. The van der Waals surface area contributed by atoms with E-state index in [0.717, 1.165) is 36.2 Å². The van der Waals surface area contributed by atoms with Crippen molar-refractivity contribution in [2.45, 2.75) is 0 Å². The predicted octanol–water partition coefficient (Wildman–Crippen LogP) is 4.31. The maximum absolute atomic E-state index is 12.6. The van der Waals surface area contributed by atoms with Crippen LogP contribution >= 0.6 is 15.9 Å². The van der Waals surface area contributed by atoms with Crippen LogP contribution in [0, 0.1) is 0 Å². The Hall–Kier alpha value is -4.54. The fourth-order valence-corrected chi connectivity index (χ4v) is 5.87. The van der Waals surface area contributed by atoms with E-state index in [0.29, 0.717) is 57.3 Å². The summed E-state index contributed by atoms with van der Waals surface area (Å²) in [6.45, 7) is 2.79. The first-order valence-corrected chi connectivity index (χ1v) is 16.5. The number of nitrogens with zero attached hydrogens (tertiary/aromatic N) is 8. The van der Waals surface area contributed by atoms with Crippen LogP contribution in [0.1, 0.15) is 0 Å². The molecule has 1 saturated heterocycles. The second-order valence-corrected chi connectivity index (χ2v) is 13.2. The van der Waals surface area contributed by atoms with Gasteiger partial charge in [0.2, 0.25) is 16.0 Å². The second-order valence-electron chi connectivity index (χ2n) is 10.3.